The van der Waals surface area contributed by atoms with E-state index in [2.05, 4.69) is 0 Å². The van der Waals surface area contributed by atoms with Crippen LogP contribution in [0.15, 0.2) is 66.7 Å². The molecule has 0 saturated carbocycles. The van der Waals surface area contributed by atoms with Gasteiger partial charge in [-0.3, -0.25) is 14.5 Å². The molecule has 0 fully saturated rings. The quantitative estimate of drug-likeness (QED) is 0.252. The van der Waals surface area contributed by atoms with Crippen LogP contribution in [0.1, 0.15) is 24.5 Å². The van der Waals surface area contributed by atoms with E-state index in [1.165, 1.54) is 31.4 Å². The predicted molar refractivity (Wildman–Crippen MR) is 127 cm³/mol. The lowest BCUT2D eigenvalue weighted by molar-refractivity contribution is -0.194. The zero-order chi connectivity index (χ0) is 25.8. The van der Waals surface area contributed by atoms with Gasteiger partial charge in [0.1, 0.15) is 17.4 Å². The van der Waals surface area contributed by atoms with Crippen molar-refractivity contribution in [1.29, 1.82) is 0 Å². The van der Waals surface area contributed by atoms with E-state index >= 15 is 4.48 Å². The molecule has 6 nitrogen and oxygen atoms in total. The number of benzene rings is 3. The summed E-state index contributed by atoms with van der Waals surface area (Å²) in [6.45, 7) is 1.08. The number of hydrogen-bond acceptors (Lipinski definition) is 5. The maximum Gasteiger partial charge on any atom is 0.304 e. The van der Waals surface area contributed by atoms with Crippen LogP contribution in [0.4, 0.5) is 24.6 Å². The molecule has 0 bridgehead atoms. The Hall–Kier alpha value is -3.85. The SMILES string of the molecule is COc1cccc2c1CC(N(F)C(OC(C)=O)C(=O)N(c1ccc(F)cc1)c1ccc(F)cc1)CC2. The summed E-state index contributed by atoms with van der Waals surface area (Å²) in [5.41, 5.74) is 2.22. The Kier molecular flexibility index (Phi) is 7.59. The molecule has 188 valence electrons. The molecule has 4 rings (SSSR count). The van der Waals surface area contributed by atoms with E-state index in [9.17, 15) is 18.4 Å². The highest BCUT2D eigenvalue weighted by molar-refractivity contribution is 6.03. The van der Waals surface area contributed by atoms with Crippen molar-refractivity contribution >= 4 is 23.3 Å². The number of fused-ring (bicyclic) bond motifs is 1. The second-order valence-corrected chi connectivity index (χ2v) is 8.43. The van der Waals surface area contributed by atoms with Gasteiger partial charge in [0, 0.05) is 24.3 Å². The van der Waals surface area contributed by atoms with Crippen molar-refractivity contribution in [2.75, 3.05) is 12.0 Å². The summed E-state index contributed by atoms with van der Waals surface area (Å²) in [5, 5.41) is 0.249. The van der Waals surface area contributed by atoms with E-state index in [0.717, 1.165) is 47.2 Å². The van der Waals surface area contributed by atoms with Crippen molar-refractivity contribution in [3.05, 3.63) is 89.5 Å². The first kappa shape index (κ1) is 25.2. The summed E-state index contributed by atoms with van der Waals surface area (Å²) in [5.74, 6) is -2.26. The number of ether oxygens (including phenoxy) is 2. The average Bonchev–Trinajstić information content (AvgIpc) is 2.88. The molecule has 0 saturated heterocycles. The van der Waals surface area contributed by atoms with E-state index in [1.54, 1.807) is 6.07 Å². The van der Waals surface area contributed by atoms with Crippen LogP contribution >= 0.6 is 0 Å². The molecule has 0 aromatic heterocycles. The molecule has 0 aliphatic heterocycles. The van der Waals surface area contributed by atoms with Crippen molar-refractivity contribution in [3.8, 4) is 5.75 Å². The zero-order valence-electron chi connectivity index (χ0n) is 19.8. The van der Waals surface area contributed by atoms with Crippen molar-refractivity contribution < 1.29 is 32.3 Å². The molecule has 1 aliphatic carbocycles. The highest BCUT2D eigenvalue weighted by atomic mass is 19.2. The second-order valence-electron chi connectivity index (χ2n) is 8.43. The highest BCUT2D eigenvalue weighted by Crippen LogP contribution is 2.34. The van der Waals surface area contributed by atoms with Gasteiger partial charge in [0.05, 0.1) is 7.11 Å². The fourth-order valence-corrected chi connectivity index (χ4v) is 4.39. The Bertz CT molecular complexity index is 1180. The van der Waals surface area contributed by atoms with Gasteiger partial charge in [0.25, 0.3) is 12.1 Å². The number of carbonyl (C=O) groups is 2. The maximum atomic E-state index is 16.0. The molecule has 36 heavy (non-hydrogen) atoms. The molecule has 3 aromatic rings. The first-order valence-electron chi connectivity index (χ1n) is 11.4. The van der Waals surface area contributed by atoms with E-state index < -0.39 is 35.8 Å². The number of aryl methyl sites for hydroxylation is 1. The number of halogens is 3. The van der Waals surface area contributed by atoms with Crippen molar-refractivity contribution in [2.45, 2.75) is 38.5 Å². The number of methoxy groups -OCH3 is 1. The highest BCUT2D eigenvalue weighted by Gasteiger charge is 2.40. The van der Waals surface area contributed by atoms with Crippen LogP contribution in [-0.4, -0.2) is 36.4 Å². The van der Waals surface area contributed by atoms with Gasteiger partial charge in [-0.25, -0.2) is 8.78 Å². The monoisotopic (exact) mass is 498 g/mol. The molecule has 0 N–H and O–H groups in total. The summed E-state index contributed by atoms with van der Waals surface area (Å²) in [4.78, 5) is 26.7. The topological polar surface area (TPSA) is 59.1 Å². The Morgan fingerprint density at radius 3 is 2.06 bits per heavy atom. The smallest absolute Gasteiger partial charge is 0.304 e. The number of rotatable bonds is 7. The lowest BCUT2D eigenvalue weighted by Gasteiger charge is -2.35. The average molecular weight is 499 g/mol. The summed E-state index contributed by atoms with van der Waals surface area (Å²) < 4.78 is 53.8. The van der Waals surface area contributed by atoms with Crippen LogP contribution in [0.2, 0.25) is 0 Å². The van der Waals surface area contributed by atoms with Crippen LogP contribution < -0.4 is 9.64 Å². The lowest BCUT2D eigenvalue weighted by atomic mass is 9.87. The minimum atomic E-state index is -1.93. The first-order chi connectivity index (χ1) is 17.3. The standard InChI is InChI=1S/C27H25F3N2O4/c1-17(33)36-27(32(30)23-11-6-18-4-3-5-25(35-2)24(18)16-23)26(34)31(21-12-7-19(28)8-13-21)22-14-9-20(29)10-15-22/h3-5,7-10,12-15,23,27H,6,11,16H2,1-2H3. The molecule has 1 aliphatic rings. The fraction of sp³-hybridized carbons (Fsp3) is 0.259. The van der Waals surface area contributed by atoms with Crippen molar-refractivity contribution in [2.24, 2.45) is 0 Å². The normalized spacial score (nSPS) is 15.7. The maximum absolute atomic E-state index is 16.0. The molecule has 2 unspecified atom stereocenters. The van der Waals surface area contributed by atoms with Gasteiger partial charge < -0.3 is 9.47 Å². The molecule has 3 aromatic carbocycles. The van der Waals surface area contributed by atoms with E-state index in [-0.39, 0.29) is 22.9 Å². The predicted octanol–water partition coefficient (Wildman–Crippen LogP) is 5.27. The van der Waals surface area contributed by atoms with Gasteiger partial charge in [-0.05, 0) is 85.0 Å². The molecule has 2 atom stereocenters. The first-order valence-corrected chi connectivity index (χ1v) is 11.4. The number of amides is 1. The van der Waals surface area contributed by atoms with E-state index in [1.807, 2.05) is 12.1 Å². The van der Waals surface area contributed by atoms with E-state index in [4.69, 9.17) is 9.47 Å². The fourth-order valence-electron chi connectivity index (χ4n) is 4.39. The zero-order valence-corrected chi connectivity index (χ0v) is 19.8. The number of anilines is 2. The lowest BCUT2D eigenvalue weighted by Crippen LogP contribution is -2.51. The van der Waals surface area contributed by atoms with Crippen molar-refractivity contribution in [1.82, 2.24) is 5.12 Å². The Morgan fingerprint density at radius 2 is 1.53 bits per heavy atom. The summed E-state index contributed by atoms with van der Waals surface area (Å²) in [6, 6.07) is 14.6. The molecule has 9 heteroatoms. The number of esters is 1. The summed E-state index contributed by atoms with van der Waals surface area (Å²) >= 11 is 0. The number of carbonyl (C=O) groups excluding carboxylic acids is 2. The van der Waals surface area contributed by atoms with Crippen LogP contribution in [0.25, 0.3) is 0 Å². The second kappa shape index (κ2) is 10.8. The van der Waals surface area contributed by atoms with Crippen LogP contribution in [0.5, 0.6) is 5.75 Å². The molecular formula is C27H25F3N2O4. The Balaban J connectivity index is 1.70. The van der Waals surface area contributed by atoms with Crippen molar-refractivity contribution in [3.63, 3.8) is 0 Å². The number of nitrogens with zero attached hydrogens (tertiary/aromatic N) is 2. The minimum Gasteiger partial charge on any atom is -0.496 e. The molecule has 0 spiro atoms. The van der Waals surface area contributed by atoms with Gasteiger partial charge >= 0.3 is 5.97 Å². The van der Waals surface area contributed by atoms with Crippen LogP contribution in [-0.2, 0) is 27.2 Å². The summed E-state index contributed by atoms with van der Waals surface area (Å²) in [7, 11) is 1.53. The third-order valence-electron chi connectivity index (χ3n) is 6.09. The molecule has 1 amide bonds. The third-order valence-corrected chi connectivity index (χ3v) is 6.09. The Morgan fingerprint density at radius 1 is 0.944 bits per heavy atom. The van der Waals surface area contributed by atoms with Gasteiger partial charge in [-0.15, -0.1) is 4.48 Å². The van der Waals surface area contributed by atoms with E-state index in [0.29, 0.717) is 18.6 Å². The van der Waals surface area contributed by atoms with Crippen LogP contribution in [0.3, 0.4) is 0 Å². The van der Waals surface area contributed by atoms with Gasteiger partial charge in [0.2, 0.25) is 0 Å². The summed E-state index contributed by atoms with van der Waals surface area (Å²) in [6.07, 6.45) is -0.792. The molecular weight excluding hydrogens is 473 g/mol. The third kappa shape index (κ3) is 5.36. The van der Waals surface area contributed by atoms with Gasteiger partial charge in [-0.2, -0.15) is 0 Å². The Labute approximate surface area is 206 Å². The van der Waals surface area contributed by atoms with Gasteiger partial charge in [0.15, 0.2) is 0 Å². The minimum absolute atomic E-state index is 0.189. The van der Waals surface area contributed by atoms with Gasteiger partial charge in [-0.1, -0.05) is 17.3 Å². The molecule has 0 radical (unpaired) electrons. The largest absolute Gasteiger partial charge is 0.496 e. The molecule has 0 heterocycles. The number of hydrogen-bond donors (Lipinski definition) is 0. The van der Waals surface area contributed by atoms with Crippen LogP contribution in [0, 0.1) is 11.6 Å².